The number of halogens is 1. The predicted octanol–water partition coefficient (Wildman–Crippen LogP) is 1.75. The third kappa shape index (κ3) is 7.00. The predicted molar refractivity (Wildman–Crippen MR) is 84.1 cm³/mol. The van der Waals surface area contributed by atoms with Crippen LogP contribution < -0.4 is 5.32 Å². The van der Waals surface area contributed by atoms with Crippen molar-refractivity contribution < 1.29 is 17.6 Å². The lowest BCUT2D eigenvalue weighted by molar-refractivity contribution is -0.121. The van der Waals surface area contributed by atoms with Gasteiger partial charge in [0.1, 0.15) is 5.82 Å². The van der Waals surface area contributed by atoms with Gasteiger partial charge in [0.15, 0.2) is 0 Å². The van der Waals surface area contributed by atoms with E-state index in [0.717, 1.165) is 11.8 Å². The van der Waals surface area contributed by atoms with Crippen molar-refractivity contribution in [3.63, 3.8) is 0 Å². The molecule has 0 aliphatic heterocycles. The molecule has 1 N–H and O–H groups in total. The Kier molecular flexibility index (Phi) is 6.96. The maximum atomic E-state index is 12.8. The first-order valence-corrected chi connectivity index (χ1v) is 8.99. The number of hydrogen-bond acceptors (Lipinski definition) is 3. The zero-order chi connectivity index (χ0) is 16.8. The monoisotopic (exact) mass is 330 g/mol. The van der Waals surface area contributed by atoms with Gasteiger partial charge in [-0.2, -0.15) is 4.31 Å². The zero-order valence-corrected chi connectivity index (χ0v) is 14.0. The molecule has 0 unspecified atom stereocenters. The molecule has 0 fully saturated rings. The summed E-state index contributed by atoms with van der Waals surface area (Å²) in [5.41, 5.74) is 0.753. The fraction of sp³-hybridized carbons (Fsp3) is 0.533. The summed E-state index contributed by atoms with van der Waals surface area (Å²) in [4.78, 5) is 11.9. The molecule has 0 radical (unpaired) electrons. The first kappa shape index (κ1) is 18.6. The molecule has 124 valence electrons. The summed E-state index contributed by atoms with van der Waals surface area (Å²) in [6.45, 7) is 4.35. The standard InChI is InChI=1S/C15H23FN2O3S/c1-12(2)8-9-18(22(3,20)21)11-15(19)17-10-13-4-6-14(16)7-5-13/h4-7,12H,8-11H2,1-3H3,(H,17,19). The highest BCUT2D eigenvalue weighted by molar-refractivity contribution is 7.88. The Morgan fingerprint density at radius 3 is 2.36 bits per heavy atom. The van der Waals surface area contributed by atoms with Gasteiger partial charge < -0.3 is 5.32 Å². The second-order valence-corrected chi connectivity index (χ2v) is 7.66. The Morgan fingerprint density at radius 1 is 1.27 bits per heavy atom. The summed E-state index contributed by atoms with van der Waals surface area (Å²) in [5.74, 6) is -0.364. The lowest BCUT2D eigenvalue weighted by Gasteiger charge is -2.20. The smallest absolute Gasteiger partial charge is 0.235 e. The van der Waals surface area contributed by atoms with Gasteiger partial charge in [-0.25, -0.2) is 12.8 Å². The Balaban J connectivity index is 2.54. The number of sulfonamides is 1. The van der Waals surface area contributed by atoms with E-state index in [-0.39, 0.29) is 24.8 Å². The molecule has 0 heterocycles. The average Bonchev–Trinajstić information content (AvgIpc) is 2.41. The fourth-order valence-corrected chi connectivity index (χ4v) is 2.57. The largest absolute Gasteiger partial charge is 0.351 e. The van der Waals surface area contributed by atoms with Gasteiger partial charge in [-0.3, -0.25) is 4.79 Å². The Hall–Kier alpha value is -1.47. The van der Waals surface area contributed by atoms with E-state index in [2.05, 4.69) is 5.32 Å². The van der Waals surface area contributed by atoms with Crippen LogP contribution in [0.4, 0.5) is 4.39 Å². The van der Waals surface area contributed by atoms with E-state index in [1.165, 1.54) is 16.4 Å². The van der Waals surface area contributed by atoms with Crippen LogP contribution in [-0.2, 0) is 21.4 Å². The SMILES string of the molecule is CC(C)CCN(CC(=O)NCc1ccc(F)cc1)S(C)(=O)=O. The normalized spacial score (nSPS) is 11.9. The summed E-state index contributed by atoms with van der Waals surface area (Å²) >= 11 is 0. The van der Waals surface area contributed by atoms with Gasteiger partial charge in [-0.15, -0.1) is 0 Å². The fourth-order valence-electron chi connectivity index (χ4n) is 1.78. The first-order chi connectivity index (χ1) is 10.2. The Bertz CT molecular complexity index is 585. The third-order valence-electron chi connectivity index (χ3n) is 3.15. The van der Waals surface area contributed by atoms with Crippen molar-refractivity contribution in [3.05, 3.63) is 35.6 Å². The van der Waals surface area contributed by atoms with Crippen LogP contribution in [0.1, 0.15) is 25.8 Å². The molecule has 0 atom stereocenters. The highest BCUT2D eigenvalue weighted by atomic mass is 32.2. The number of hydrogen-bond donors (Lipinski definition) is 1. The molecule has 22 heavy (non-hydrogen) atoms. The number of amides is 1. The molecule has 1 amide bonds. The molecule has 0 aliphatic carbocycles. The highest BCUT2D eigenvalue weighted by Gasteiger charge is 2.20. The summed E-state index contributed by atoms with van der Waals surface area (Å²) in [7, 11) is -3.42. The maximum absolute atomic E-state index is 12.8. The molecule has 5 nitrogen and oxygen atoms in total. The molecule has 0 bridgehead atoms. The first-order valence-electron chi connectivity index (χ1n) is 7.14. The van der Waals surface area contributed by atoms with Crippen LogP contribution in [0.2, 0.25) is 0 Å². The van der Waals surface area contributed by atoms with Crippen molar-refractivity contribution in [2.75, 3.05) is 19.3 Å². The van der Waals surface area contributed by atoms with Gasteiger partial charge in [0.2, 0.25) is 15.9 Å². The van der Waals surface area contributed by atoms with E-state index in [9.17, 15) is 17.6 Å². The van der Waals surface area contributed by atoms with E-state index < -0.39 is 10.0 Å². The van der Waals surface area contributed by atoms with Gasteiger partial charge >= 0.3 is 0 Å². The van der Waals surface area contributed by atoms with E-state index in [1.54, 1.807) is 12.1 Å². The van der Waals surface area contributed by atoms with Crippen molar-refractivity contribution in [2.24, 2.45) is 5.92 Å². The lowest BCUT2D eigenvalue weighted by atomic mass is 10.1. The number of rotatable bonds is 8. The number of carbonyl (C=O) groups excluding carboxylic acids is 1. The number of benzene rings is 1. The van der Waals surface area contributed by atoms with Gasteiger partial charge in [-0.1, -0.05) is 26.0 Å². The van der Waals surface area contributed by atoms with Gasteiger partial charge in [0.05, 0.1) is 12.8 Å². The minimum absolute atomic E-state index is 0.202. The zero-order valence-electron chi connectivity index (χ0n) is 13.2. The molecule has 0 saturated carbocycles. The minimum atomic E-state index is -3.42. The maximum Gasteiger partial charge on any atom is 0.235 e. The van der Waals surface area contributed by atoms with Crippen LogP contribution in [0.15, 0.2) is 24.3 Å². The summed E-state index contributed by atoms with van der Waals surface area (Å²) in [5, 5.41) is 2.64. The van der Waals surface area contributed by atoms with Gasteiger partial charge in [0.25, 0.3) is 0 Å². The number of nitrogens with zero attached hydrogens (tertiary/aromatic N) is 1. The van der Waals surface area contributed by atoms with Crippen LogP contribution in [-0.4, -0.2) is 38.0 Å². The Morgan fingerprint density at radius 2 is 1.86 bits per heavy atom. The van der Waals surface area contributed by atoms with Crippen LogP contribution in [0.3, 0.4) is 0 Å². The van der Waals surface area contributed by atoms with Crippen molar-refractivity contribution in [3.8, 4) is 0 Å². The number of carbonyl (C=O) groups is 1. The second-order valence-electron chi connectivity index (χ2n) is 5.68. The molecule has 0 saturated heterocycles. The molecule has 1 rings (SSSR count). The second kappa shape index (κ2) is 8.24. The van der Waals surface area contributed by atoms with Crippen molar-refractivity contribution in [2.45, 2.75) is 26.8 Å². The van der Waals surface area contributed by atoms with E-state index in [0.29, 0.717) is 18.9 Å². The summed E-state index contributed by atoms with van der Waals surface area (Å²) in [6, 6.07) is 5.77. The minimum Gasteiger partial charge on any atom is -0.351 e. The van der Waals surface area contributed by atoms with Gasteiger partial charge in [-0.05, 0) is 30.0 Å². The molecule has 0 aliphatic rings. The van der Waals surface area contributed by atoms with Crippen LogP contribution in [0.25, 0.3) is 0 Å². The lowest BCUT2D eigenvalue weighted by Crippen LogP contribution is -2.40. The average molecular weight is 330 g/mol. The molecule has 0 spiro atoms. The van der Waals surface area contributed by atoms with E-state index in [1.807, 2.05) is 13.8 Å². The molecular weight excluding hydrogens is 307 g/mol. The quantitative estimate of drug-likeness (QED) is 0.790. The van der Waals surface area contributed by atoms with Crippen LogP contribution >= 0.6 is 0 Å². The van der Waals surface area contributed by atoms with Crippen LogP contribution in [0.5, 0.6) is 0 Å². The topological polar surface area (TPSA) is 66.5 Å². The molecule has 0 aromatic heterocycles. The van der Waals surface area contributed by atoms with E-state index in [4.69, 9.17) is 0 Å². The van der Waals surface area contributed by atoms with E-state index >= 15 is 0 Å². The molecule has 1 aromatic carbocycles. The third-order valence-corrected chi connectivity index (χ3v) is 4.40. The molecule has 1 aromatic rings. The number of nitrogens with one attached hydrogen (secondary N) is 1. The Labute approximate surface area is 131 Å². The van der Waals surface area contributed by atoms with Gasteiger partial charge in [0, 0.05) is 13.1 Å². The summed E-state index contributed by atoms with van der Waals surface area (Å²) < 4.78 is 37.3. The van der Waals surface area contributed by atoms with Crippen molar-refractivity contribution in [1.82, 2.24) is 9.62 Å². The molecular formula is C15H23FN2O3S. The van der Waals surface area contributed by atoms with Crippen molar-refractivity contribution >= 4 is 15.9 Å². The highest BCUT2D eigenvalue weighted by Crippen LogP contribution is 2.06. The molecule has 7 heteroatoms. The van der Waals surface area contributed by atoms with Crippen molar-refractivity contribution in [1.29, 1.82) is 0 Å². The summed E-state index contributed by atoms with van der Waals surface area (Å²) in [6.07, 6.45) is 1.79. The van der Waals surface area contributed by atoms with Crippen LogP contribution in [0, 0.1) is 11.7 Å².